The first-order valence-corrected chi connectivity index (χ1v) is 7.39. The molecular weight excluding hydrogens is 238 g/mol. The average molecular weight is 261 g/mol. The first-order valence-electron chi connectivity index (χ1n) is 6.23. The Morgan fingerprint density at radius 2 is 2.24 bits per heavy atom. The van der Waals surface area contributed by atoms with E-state index >= 15 is 0 Å². The van der Waals surface area contributed by atoms with Crippen LogP contribution in [-0.4, -0.2) is 46.4 Å². The van der Waals surface area contributed by atoms with Gasteiger partial charge in [0, 0.05) is 12.4 Å². The van der Waals surface area contributed by atoms with E-state index in [9.17, 15) is 9.90 Å². The smallest absolute Gasteiger partial charge is 0.325 e. The van der Waals surface area contributed by atoms with Crippen molar-refractivity contribution in [3.63, 3.8) is 0 Å². The van der Waals surface area contributed by atoms with Crippen molar-refractivity contribution in [3.8, 4) is 0 Å². The quantitative estimate of drug-likeness (QED) is 0.581. The van der Waals surface area contributed by atoms with E-state index in [0.717, 1.165) is 18.6 Å². The van der Waals surface area contributed by atoms with Crippen LogP contribution < -0.4 is 5.32 Å². The number of carboxylic acid groups (broad SMARTS) is 1. The molecule has 0 spiro atoms. The minimum Gasteiger partial charge on any atom is -0.480 e. The first kappa shape index (κ1) is 14.8. The normalized spacial score (nSPS) is 20.9. The summed E-state index contributed by atoms with van der Waals surface area (Å²) in [5, 5.41) is 21.6. The topological polar surface area (TPSA) is 69.6 Å². The zero-order chi connectivity index (χ0) is 12.9. The Balaban J connectivity index is 2.53. The van der Waals surface area contributed by atoms with Crippen molar-refractivity contribution in [3.05, 3.63) is 0 Å². The van der Waals surface area contributed by atoms with Crippen LogP contribution in [-0.2, 0) is 4.79 Å². The summed E-state index contributed by atoms with van der Waals surface area (Å²) in [5.74, 6) is 1.17. The van der Waals surface area contributed by atoms with Crippen LogP contribution in [0, 0.1) is 11.8 Å². The van der Waals surface area contributed by atoms with Crippen LogP contribution in [0.4, 0.5) is 0 Å². The lowest BCUT2D eigenvalue weighted by molar-refractivity contribution is -0.144. The van der Waals surface area contributed by atoms with Crippen molar-refractivity contribution < 1.29 is 15.0 Å². The second-order valence-corrected chi connectivity index (χ2v) is 5.91. The predicted octanol–water partition coefficient (Wildman–Crippen LogP) is 1.19. The maximum absolute atomic E-state index is 11.5. The van der Waals surface area contributed by atoms with Gasteiger partial charge in [-0.1, -0.05) is 13.8 Å². The van der Waals surface area contributed by atoms with Crippen LogP contribution in [0.25, 0.3) is 0 Å². The second kappa shape index (κ2) is 6.61. The zero-order valence-electron chi connectivity index (χ0n) is 10.6. The van der Waals surface area contributed by atoms with E-state index in [1.54, 1.807) is 11.8 Å². The fourth-order valence-corrected chi connectivity index (χ4v) is 3.40. The van der Waals surface area contributed by atoms with Crippen molar-refractivity contribution in [1.82, 2.24) is 5.32 Å². The van der Waals surface area contributed by atoms with Crippen molar-refractivity contribution in [2.75, 3.05) is 24.7 Å². The van der Waals surface area contributed by atoms with Gasteiger partial charge in [0.2, 0.25) is 0 Å². The summed E-state index contributed by atoms with van der Waals surface area (Å²) in [5.41, 5.74) is -0.755. The Bertz CT molecular complexity index is 258. The molecule has 0 amide bonds. The van der Waals surface area contributed by atoms with E-state index in [1.807, 2.05) is 13.8 Å². The Hall–Kier alpha value is -0.260. The molecule has 0 aromatic carbocycles. The molecule has 100 valence electrons. The summed E-state index contributed by atoms with van der Waals surface area (Å²) in [6.07, 6.45) is 2.02. The SMILES string of the molecule is CCNC(CSCC(C)CO)(C(=O)O)C1CC1. The number of thioether (sulfide) groups is 1. The molecule has 1 rings (SSSR count). The highest BCUT2D eigenvalue weighted by Crippen LogP contribution is 2.41. The summed E-state index contributed by atoms with van der Waals surface area (Å²) < 4.78 is 0. The molecule has 0 bridgehead atoms. The third-order valence-electron chi connectivity index (χ3n) is 3.19. The van der Waals surface area contributed by atoms with Gasteiger partial charge in [-0.25, -0.2) is 0 Å². The van der Waals surface area contributed by atoms with E-state index in [-0.39, 0.29) is 18.4 Å². The fraction of sp³-hybridized carbons (Fsp3) is 0.917. The molecule has 0 radical (unpaired) electrons. The summed E-state index contributed by atoms with van der Waals surface area (Å²) in [6.45, 7) is 4.76. The highest BCUT2D eigenvalue weighted by atomic mass is 32.2. The molecule has 0 heterocycles. The highest BCUT2D eigenvalue weighted by Gasteiger charge is 2.50. The number of carboxylic acids is 1. The molecule has 1 aliphatic carbocycles. The van der Waals surface area contributed by atoms with Crippen molar-refractivity contribution in [2.45, 2.75) is 32.2 Å². The molecule has 17 heavy (non-hydrogen) atoms. The maximum Gasteiger partial charge on any atom is 0.325 e. The fourth-order valence-electron chi connectivity index (χ4n) is 1.99. The van der Waals surface area contributed by atoms with Gasteiger partial charge in [0.25, 0.3) is 0 Å². The summed E-state index contributed by atoms with van der Waals surface area (Å²) in [4.78, 5) is 11.5. The van der Waals surface area contributed by atoms with E-state index in [4.69, 9.17) is 5.11 Å². The summed E-state index contributed by atoms with van der Waals surface area (Å²) in [6, 6.07) is 0. The van der Waals surface area contributed by atoms with E-state index < -0.39 is 11.5 Å². The van der Waals surface area contributed by atoms with Gasteiger partial charge in [-0.2, -0.15) is 11.8 Å². The number of rotatable bonds is 9. The lowest BCUT2D eigenvalue weighted by atomic mass is 9.96. The molecule has 0 aromatic heterocycles. The third-order valence-corrected chi connectivity index (χ3v) is 4.66. The van der Waals surface area contributed by atoms with Crippen LogP contribution >= 0.6 is 11.8 Å². The van der Waals surface area contributed by atoms with Gasteiger partial charge >= 0.3 is 5.97 Å². The molecule has 0 aliphatic heterocycles. The number of aliphatic hydroxyl groups is 1. The molecule has 1 aliphatic rings. The zero-order valence-corrected chi connectivity index (χ0v) is 11.4. The summed E-state index contributed by atoms with van der Waals surface area (Å²) >= 11 is 1.63. The predicted molar refractivity (Wildman–Crippen MR) is 70.3 cm³/mol. The summed E-state index contributed by atoms with van der Waals surface area (Å²) in [7, 11) is 0. The Kier molecular flexibility index (Phi) is 5.76. The van der Waals surface area contributed by atoms with Crippen LogP contribution in [0.15, 0.2) is 0 Å². The van der Waals surface area contributed by atoms with Gasteiger partial charge in [-0.3, -0.25) is 4.79 Å². The molecular formula is C12H23NO3S. The van der Waals surface area contributed by atoms with Gasteiger partial charge in [0.1, 0.15) is 5.54 Å². The van der Waals surface area contributed by atoms with E-state index in [0.29, 0.717) is 12.3 Å². The number of aliphatic hydroxyl groups excluding tert-OH is 1. The number of hydrogen-bond acceptors (Lipinski definition) is 4. The van der Waals surface area contributed by atoms with E-state index in [1.165, 1.54) is 0 Å². The van der Waals surface area contributed by atoms with Gasteiger partial charge < -0.3 is 15.5 Å². The highest BCUT2D eigenvalue weighted by molar-refractivity contribution is 7.99. The number of hydrogen-bond donors (Lipinski definition) is 3. The van der Waals surface area contributed by atoms with Gasteiger partial charge in [-0.05, 0) is 37.0 Å². The van der Waals surface area contributed by atoms with Crippen molar-refractivity contribution >= 4 is 17.7 Å². The number of aliphatic carboxylic acids is 1. The van der Waals surface area contributed by atoms with Crippen molar-refractivity contribution in [2.24, 2.45) is 11.8 Å². The second-order valence-electron chi connectivity index (χ2n) is 4.88. The average Bonchev–Trinajstić information content (AvgIpc) is 3.11. The standard InChI is InChI=1S/C12H23NO3S/c1-3-13-12(11(15)16,10-4-5-10)8-17-7-9(2)6-14/h9-10,13-14H,3-8H2,1-2H3,(H,15,16). The lowest BCUT2D eigenvalue weighted by Gasteiger charge is -2.30. The van der Waals surface area contributed by atoms with Gasteiger partial charge in [0.15, 0.2) is 0 Å². The van der Waals surface area contributed by atoms with Gasteiger partial charge in [0.05, 0.1) is 0 Å². The number of likely N-dealkylation sites (N-methyl/N-ethyl adjacent to an activating group) is 1. The Morgan fingerprint density at radius 1 is 1.59 bits per heavy atom. The number of nitrogens with one attached hydrogen (secondary N) is 1. The first-order chi connectivity index (χ1) is 8.06. The number of carbonyl (C=O) groups is 1. The molecule has 4 nitrogen and oxygen atoms in total. The lowest BCUT2D eigenvalue weighted by Crippen LogP contribution is -2.56. The molecule has 0 aromatic rings. The molecule has 5 heteroatoms. The van der Waals surface area contributed by atoms with E-state index in [2.05, 4.69) is 5.32 Å². The molecule has 0 saturated heterocycles. The minimum atomic E-state index is -0.755. The van der Waals surface area contributed by atoms with Crippen LogP contribution in [0.2, 0.25) is 0 Å². The Morgan fingerprint density at radius 3 is 2.65 bits per heavy atom. The van der Waals surface area contributed by atoms with Crippen LogP contribution in [0.1, 0.15) is 26.7 Å². The largest absolute Gasteiger partial charge is 0.480 e. The molecule has 3 N–H and O–H groups in total. The van der Waals surface area contributed by atoms with Gasteiger partial charge in [-0.15, -0.1) is 0 Å². The Labute approximate surface area is 107 Å². The molecule has 1 fully saturated rings. The van der Waals surface area contributed by atoms with Crippen molar-refractivity contribution in [1.29, 1.82) is 0 Å². The monoisotopic (exact) mass is 261 g/mol. The van der Waals surface area contributed by atoms with Crippen LogP contribution in [0.3, 0.4) is 0 Å². The maximum atomic E-state index is 11.5. The third kappa shape index (κ3) is 3.86. The molecule has 1 saturated carbocycles. The molecule has 2 atom stereocenters. The van der Waals surface area contributed by atoms with Crippen LogP contribution in [0.5, 0.6) is 0 Å². The molecule has 2 unspecified atom stereocenters. The minimum absolute atomic E-state index is 0.164.